The molecule has 36 heavy (non-hydrogen) atoms. The topological polar surface area (TPSA) is 49.4 Å². The predicted octanol–water partition coefficient (Wildman–Crippen LogP) is 6.20. The summed E-state index contributed by atoms with van der Waals surface area (Å²) in [5.74, 6) is -0.172. The number of benzene rings is 3. The maximum atomic E-state index is 13.9. The number of halogens is 1. The molecule has 0 bridgehead atoms. The quantitative estimate of drug-likeness (QED) is 0.379. The first-order valence-electron chi connectivity index (χ1n) is 12.8. The van der Waals surface area contributed by atoms with Crippen molar-refractivity contribution in [3.8, 4) is 0 Å². The Morgan fingerprint density at radius 1 is 0.917 bits per heavy atom. The summed E-state index contributed by atoms with van der Waals surface area (Å²) < 4.78 is 0. The van der Waals surface area contributed by atoms with Crippen LogP contribution >= 0.6 is 11.6 Å². The van der Waals surface area contributed by atoms with E-state index in [4.69, 9.17) is 11.6 Å². The fraction of sp³-hybridized carbons (Fsp3) is 0.355. The van der Waals surface area contributed by atoms with E-state index in [0.29, 0.717) is 11.4 Å². The number of hydrogen-bond acceptors (Lipinski definition) is 2. The molecule has 0 unspecified atom stereocenters. The molecular weight excluding hydrogens is 468 g/mol. The summed E-state index contributed by atoms with van der Waals surface area (Å²) >= 11 is 6.52. The average molecular weight is 503 g/mol. The molecule has 188 valence electrons. The second-order valence-electron chi connectivity index (χ2n) is 9.98. The highest BCUT2D eigenvalue weighted by Gasteiger charge is 2.32. The van der Waals surface area contributed by atoms with Crippen LogP contribution in [-0.2, 0) is 29.0 Å². The van der Waals surface area contributed by atoms with Gasteiger partial charge in [-0.25, -0.2) is 0 Å². The molecule has 0 saturated heterocycles. The van der Waals surface area contributed by atoms with Gasteiger partial charge in [0, 0.05) is 24.0 Å². The smallest absolute Gasteiger partial charge is 0.243 e. The maximum Gasteiger partial charge on any atom is 0.243 e. The molecule has 4 nitrogen and oxygen atoms in total. The van der Waals surface area contributed by atoms with Crippen LogP contribution in [0.15, 0.2) is 72.8 Å². The Morgan fingerprint density at radius 3 is 2.22 bits per heavy atom. The van der Waals surface area contributed by atoms with Crippen LogP contribution in [0.25, 0.3) is 0 Å². The molecule has 1 aliphatic carbocycles. The first kappa shape index (κ1) is 26.0. The zero-order valence-corrected chi connectivity index (χ0v) is 21.9. The first-order valence-corrected chi connectivity index (χ1v) is 13.2. The highest BCUT2D eigenvalue weighted by atomic mass is 35.5. The summed E-state index contributed by atoms with van der Waals surface area (Å²) in [5.41, 5.74) is 5.05. The number of nitrogens with zero attached hydrogens (tertiary/aromatic N) is 1. The van der Waals surface area contributed by atoms with Crippen molar-refractivity contribution in [2.75, 3.05) is 0 Å². The van der Waals surface area contributed by atoms with E-state index < -0.39 is 6.04 Å². The molecule has 4 rings (SSSR count). The Kier molecular flexibility index (Phi) is 8.82. The Hall–Kier alpha value is -3.11. The van der Waals surface area contributed by atoms with Crippen molar-refractivity contribution in [1.82, 2.24) is 10.2 Å². The van der Waals surface area contributed by atoms with Gasteiger partial charge in [0.05, 0.1) is 6.42 Å². The van der Waals surface area contributed by atoms with Gasteiger partial charge in [0.15, 0.2) is 0 Å². The molecule has 5 heteroatoms. The molecule has 0 aliphatic heterocycles. The van der Waals surface area contributed by atoms with Gasteiger partial charge in [0.1, 0.15) is 6.04 Å². The molecular formula is C31H35ClN2O2. The zero-order chi connectivity index (χ0) is 25.5. The van der Waals surface area contributed by atoms with Crippen LogP contribution in [0, 0.1) is 13.8 Å². The molecule has 0 heterocycles. The summed E-state index contributed by atoms with van der Waals surface area (Å²) in [4.78, 5) is 29.4. The fourth-order valence-corrected chi connectivity index (χ4v) is 5.37. The van der Waals surface area contributed by atoms with E-state index in [9.17, 15) is 9.59 Å². The molecule has 1 fully saturated rings. The summed E-state index contributed by atoms with van der Waals surface area (Å²) in [6, 6.07) is 23.2. The molecule has 3 aromatic carbocycles. The van der Waals surface area contributed by atoms with Crippen LogP contribution in [0.2, 0.25) is 5.02 Å². The Morgan fingerprint density at radius 2 is 1.56 bits per heavy atom. The number of amides is 2. The highest BCUT2D eigenvalue weighted by molar-refractivity contribution is 6.31. The van der Waals surface area contributed by atoms with E-state index in [1.54, 1.807) is 4.90 Å². The average Bonchev–Trinajstić information content (AvgIpc) is 3.35. The van der Waals surface area contributed by atoms with Crippen LogP contribution < -0.4 is 5.32 Å². The monoisotopic (exact) mass is 502 g/mol. The van der Waals surface area contributed by atoms with Crippen LogP contribution in [0.3, 0.4) is 0 Å². The van der Waals surface area contributed by atoms with Crippen molar-refractivity contribution >= 4 is 23.4 Å². The lowest BCUT2D eigenvalue weighted by atomic mass is 10.00. The van der Waals surface area contributed by atoms with Gasteiger partial charge < -0.3 is 10.2 Å². The molecule has 0 aromatic heterocycles. The van der Waals surface area contributed by atoms with E-state index in [2.05, 4.69) is 11.4 Å². The molecule has 2 amide bonds. The molecule has 0 spiro atoms. The number of hydrogen-bond donors (Lipinski definition) is 1. The first-order chi connectivity index (χ1) is 17.4. The summed E-state index contributed by atoms with van der Waals surface area (Å²) in [6.07, 6.45) is 4.92. The minimum atomic E-state index is -0.636. The highest BCUT2D eigenvalue weighted by Crippen LogP contribution is 2.23. The third-order valence-corrected chi connectivity index (χ3v) is 7.28. The van der Waals surface area contributed by atoms with Gasteiger partial charge in [-0.1, -0.05) is 102 Å². The number of carbonyl (C=O) groups is 2. The van der Waals surface area contributed by atoms with Gasteiger partial charge in [0.25, 0.3) is 0 Å². The lowest BCUT2D eigenvalue weighted by Gasteiger charge is -2.33. The van der Waals surface area contributed by atoms with Crippen LogP contribution in [0.5, 0.6) is 0 Å². The van der Waals surface area contributed by atoms with E-state index in [-0.39, 0.29) is 30.8 Å². The van der Waals surface area contributed by atoms with Crippen LogP contribution in [0.1, 0.15) is 53.5 Å². The van der Waals surface area contributed by atoms with Crippen molar-refractivity contribution in [2.45, 2.75) is 71.0 Å². The number of carbonyl (C=O) groups excluding carboxylic acids is 2. The van der Waals surface area contributed by atoms with E-state index in [0.717, 1.165) is 53.5 Å². The second kappa shape index (κ2) is 12.2. The predicted molar refractivity (Wildman–Crippen MR) is 146 cm³/mol. The molecule has 1 atom stereocenters. The van der Waals surface area contributed by atoms with Gasteiger partial charge in [-0.15, -0.1) is 0 Å². The Bertz CT molecular complexity index is 1170. The lowest BCUT2D eigenvalue weighted by Crippen LogP contribution is -2.52. The van der Waals surface area contributed by atoms with Crippen LogP contribution in [-0.4, -0.2) is 28.8 Å². The van der Waals surface area contributed by atoms with Gasteiger partial charge in [-0.05, 0) is 49.4 Å². The van der Waals surface area contributed by atoms with E-state index in [1.165, 1.54) is 0 Å². The Labute approximate surface area is 219 Å². The standard InChI is InChI=1S/C31H35ClN2O2/c1-22-16-23(2)18-25(17-22)20-30(35)34(21-26-12-6-9-15-28(26)32)29(19-24-10-4-3-5-11-24)31(36)33-27-13-7-8-14-27/h3-6,9-12,15-18,27,29H,7-8,13-14,19-21H2,1-2H3,(H,33,36)/t29-/m0/s1. The van der Waals surface area contributed by atoms with Gasteiger partial charge >= 0.3 is 0 Å². The molecule has 1 N–H and O–H groups in total. The van der Waals surface area contributed by atoms with Crippen molar-refractivity contribution in [1.29, 1.82) is 0 Å². The number of nitrogens with one attached hydrogen (secondary N) is 1. The summed E-state index contributed by atoms with van der Waals surface area (Å²) in [7, 11) is 0. The van der Waals surface area contributed by atoms with Gasteiger partial charge in [-0.2, -0.15) is 0 Å². The molecule has 3 aromatic rings. The molecule has 1 saturated carbocycles. The lowest BCUT2D eigenvalue weighted by molar-refractivity contribution is -0.141. The van der Waals surface area contributed by atoms with E-state index >= 15 is 0 Å². The zero-order valence-electron chi connectivity index (χ0n) is 21.2. The third-order valence-electron chi connectivity index (χ3n) is 6.91. The SMILES string of the molecule is Cc1cc(C)cc(CC(=O)N(Cc2ccccc2Cl)[C@@H](Cc2ccccc2)C(=O)NC2CCCC2)c1. The summed E-state index contributed by atoms with van der Waals surface area (Å²) in [5, 5.41) is 3.85. The Balaban J connectivity index is 1.68. The van der Waals surface area contributed by atoms with Gasteiger partial charge in [0.2, 0.25) is 11.8 Å². The van der Waals surface area contributed by atoms with E-state index in [1.807, 2.05) is 80.6 Å². The number of rotatable bonds is 9. The molecule has 1 aliphatic rings. The van der Waals surface area contributed by atoms with Crippen molar-refractivity contribution in [2.24, 2.45) is 0 Å². The van der Waals surface area contributed by atoms with Crippen molar-refractivity contribution < 1.29 is 9.59 Å². The third kappa shape index (κ3) is 6.98. The fourth-order valence-electron chi connectivity index (χ4n) is 5.18. The second-order valence-corrected chi connectivity index (χ2v) is 10.4. The maximum absolute atomic E-state index is 13.9. The molecule has 0 radical (unpaired) electrons. The minimum absolute atomic E-state index is 0.0811. The number of aryl methyl sites for hydroxylation is 2. The van der Waals surface area contributed by atoms with Crippen molar-refractivity contribution in [3.05, 3.63) is 106 Å². The van der Waals surface area contributed by atoms with Crippen molar-refractivity contribution in [3.63, 3.8) is 0 Å². The van der Waals surface area contributed by atoms with Gasteiger partial charge in [-0.3, -0.25) is 9.59 Å². The largest absolute Gasteiger partial charge is 0.352 e. The van der Waals surface area contributed by atoms with Crippen LogP contribution in [0.4, 0.5) is 0 Å². The minimum Gasteiger partial charge on any atom is -0.352 e. The normalized spacial score (nSPS) is 14.4. The summed E-state index contributed by atoms with van der Waals surface area (Å²) in [6.45, 7) is 4.35.